The van der Waals surface area contributed by atoms with Gasteiger partial charge in [-0.1, -0.05) is 91.0 Å². The maximum Gasteiger partial charge on any atom is 0.0887 e. The third kappa shape index (κ3) is 2.56. The maximum atomic E-state index is 7.03. The van der Waals surface area contributed by atoms with E-state index in [1.54, 1.807) is 0 Å². The average molecular weight is 302 g/mol. The van der Waals surface area contributed by atoms with Crippen molar-refractivity contribution in [2.24, 2.45) is 11.5 Å². The number of hydrogen-bond donors (Lipinski definition) is 2. The van der Waals surface area contributed by atoms with Gasteiger partial charge in [0.2, 0.25) is 0 Å². The van der Waals surface area contributed by atoms with Crippen LogP contribution in [0.1, 0.15) is 23.6 Å². The van der Waals surface area contributed by atoms with E-state index >= 15 is 0 Å². The standard InChI is InChI=1S/C21H22N2/c1-20(22,17-11-5-2-6-12-17)21(23,18-13-7-3-8-14-18)19-15-9-4-10-16-19/h2-16H,22-23H2,1H3. The molecular weight excluding hydrogens is 280 g/mol. The van der Waals surface area contributed by atoms with Gasteiger partial charge >= 0.3 is 0 Å². The second kappa shape index (κ2) is 5.99. The van der Waals surface area contributed by atoms with E-state index < -0.39 is 11.1 Å². The molecule has 0 aromatic heterocycles. The Bertz CT molecular complexity index is 710. The molecule has 0 saturated carbocycles. The fourth-order valence-corrected chi connectivity index (χ4v) is 3.18. The molecule has 0 fully saturated rings. The molecule has 0 aliphatic heterocycles. The van der Waals surface area contributed by atoms with Crippen LogP contribution in [0.4, 0.5) is 0 Å². The van der Waals surface area contributed by atoms with E-state index in [-0.39, 0.29) is 0 Å². The van der Waals surface area contributed by atoms with Crippen molar-refractivity contribution in [1.29, 1.82) is 0 Å². The van der Waals surface area contributed by atoms with Gasteiger partial charge in [-0.3, -0.25) is 0 Å². The van der Waals surface area contributed by atoms with Crippen LogP contribution in [0.5, 0.6) is 0 Å². The highest BCUT2D eigenvalue weighted by Crippen LogP contribution is 2.41. The molecule has 1 atom stereocenters. The van der Waals surface area contributed by atoms with Crippen molar-refractivity contribution in [3.8, 4) is 0 Å². The molecule has 3 aromatic rings. The van der Waals surface area contributed by atoms with E-state index in [1.807, 2.05) is 97.9 Å². The Hall–Kier alpha value is -2.42. The van der Waals surface area contributed by atoms with Crippen LogP contribution in [0.15, 0.2) is 91.0 Å². The van der Waals surface area contributed by atoms with Crippen LogP contribution < -0.4 is 11.5 Å². The SMILES string of the molecule is CC(N)(c1ccccc1)C(N)(c1ccccc1)c1ccccc1. The van der Waals surface area contributed by atoms with Gasteiger partial charge in [-0.15, -0.1) is 0 Å². The summed E-state index contributed by atoms with van der Waals surface area (Å²) in [4.78, 5) is 0. The molecular formula is C21H22N2. The predicted molar refractivity (Wildman–Crippen MR) is 95.8 cm³/mol. The van der Waals surface area contributed by atoms with E-state index in [9.17, 15) is 0 Å². The summed E-state index contributed by atoms with van der Waals surface area (Å²) in [5.74, 6) is 0. The van der Waals surface area contributed by atoms with E-state index in [2.05, 4.69) is 0 Å². The molecule has 0 aliphatic carbocycles. The van der Waals surface area contributed by atoms with Crippen LogP contribution in [-0.4, -0.2) is 0 Å². The summed E-state index contributed by atoms with van der Waals surface area (Å²) >= 11 is 0. The van der Waals surface area contributed by atoms with Gasteiger partial charge in [-0.05, 0) is 23.6 Å². The van der Waals surface area contributed by atoms with Crippen molar-refractivity contribution in [3.63, 3.8) is 0 Å². The zero-order chi connectivity index (χ0) is 16.3. The smallest absolute Gasteiger partial charge is 0.0887 e. The van der Waals surface area contributed by atoms with Gasteiger partial charge in [0.25, 0.3) is 0 Å². The highest BCUT2D eigenvalue weighted by molar-refractivity contribution is 5.46. The van der Waals surface area contributed by atoms with Crippen molar-refractivity contribution >= 4 is 0 Å². The lowest BCUT2D eigenvalue weighted by molar-refractivity contribution is 0.295. The van der Waals surface area contributed by atoms with Crippen molar-refractivity contribution in [3.05, 3.63) is 108 Å². The Balaban J connectivity index is 2.25. The molecule has 2 heteroatoms. The Morgan fingerprint density at radius 1 is 0.522 bits per heavy atom. The molecule has 0 saturated heterocycles. The maximum absolute atomic E-state index is 7.03. The van der Waals surface area contributed by atoms with E-state index in [0.717, 1.165) is 16.7 Å². The molecule has 1 unspecified atom stereocenters. The van der Waals surface area contributed by atoms with E-state index in [4.69, 9.17) is 11.5 Å². The van der Waals surface area contributed by atoms with Gasteiger partial charge in [0.15, 0.2) is 0 Å². The first-order valence-corrected chi connectivity index (χ1v) is 7.81. The normalized spacial score (nSPS) is 14.2. The monoisotopic (exact) mass is 302 g/mol. The van der Waals surface area contributed by atoms with Crippen LogP contribution in [0, 0.1) is 0 Å². The van der Waals surface area contributed by atoms with Crippen LogP contribution in [0.2, 0.25) is 0 Å². The Kier molecular flexibility index (Phi) is 4.03. The molecule has 0 heterocycles. The summed E-state index contributed by atoms with van der Waals surface area (Å²) < 4.78 is 0. The largest absolute Gasteiger partial charge is 0.320 e. The zero-order valence-electron chi connectivity index (χ0n) is 13.3. The number of nitrogens with two attached hydrogens (primary N) is 2. The minimum Gasteiger partial charge on any atom is -0.320 e. The number of rotatable bonds is 4. The molecule has 0 radical (unpaired) electrons. The van der Waals surface area contributed by atoms with Crippen LogP contribution >= 0.6 is 0 Å². The van der Waals surface area contributed by atoms with Gasteiger partial charge in [0, 0.05) is 0 Å². The Morgan fingerprint density at radius 3 is 1.17 bits per heavy atom. The average Bonchev–Trinajstić information content (AvgIpc) is 2.63. The highest BCUT2D eigenvalue weighted by atomic mass is 14.9. The second-order valence-corrected chi connectivity index (χ2v) is 6.11. The minimum absolute atomic E-state index is 0.767. The van der Waals surface area contributed by atoms with Crippen molar-refractivity contribution in [1.82, 2.24) is 0 Å². The topological polar surface area (TPSA) is 52.0 Å². The first-order valence-electron chi connectivity index (χ1n) is 7.81. The predicted octanol–water partition coefficient (Wildman–Crippen LogP) is 3.76. The van der Waals surface area contributed by atoms with Gasteiger partial charge < -0.3 is 11.5 Å². The number of hydrogen-bond acceptors (Lipinski definition) is 2. The first-order chi connectivity index (χ1) is 11.1. The van der Waals surface area contributed by atoms with Gasteiger partial charge in [0.1, 0.15) is 0 Å². The lowest BCUT2D eigenvalue weighted by Crippen LogP contribution is -2.60. The highest BCUT2D eigenvalue weighted by Gasteiger charge is 2.46. The molecule has 0 bridgehead atoms. The minimum atomic E-state index is -0.836. The lowest BCUT2D eigenvalue weighted by Gasteiger charge is -2.45. The molecule has 23 heavy (non-hydrogen) atoms. The van der Waals surface area contributed by atoms with Crippen LogP contribution in [0.25, 0.3) is 0 Å². The Labute approximate surface area is 137 Å². The third-order valence-electron chi connectivity index (χ3n) is 4.65. The fourth-order valence-electron chi connectivity index (χ4n) is 3.18. The fraction of sp³-hybridized carbons (Fsp3) is 0.143. The van der Waals surface area contributed by atoms with Crippen molar-refractivity contribution in [2.75, 3.05) is 0 Å². The molecule has 0 amide bonds. The summed E-state index contributed by atoms with van der Waals surface area (Å²) in [5, 5.41) is 0. The summed E-state index contributed by atoms with van der Waals surface area (Å²) in [6.45, 7) is 2.00. The zero-order valence-corrected chi connectivity index (χ0v) is 13.3. The molecule has 2 nitrogen and oxygen atoms in total. The third-order valence-corrected chi connectivity index (χ3v) is 4.65. The summed E-state index contributed by atoms with van der Waals surface area (Å²) in [5.41, 5.74) is 15.3. The van der Waals surface area contributed by atoms with Crippen LogP contribution in [-0.2, 0) is 11.1 Å². The Morgan fingerprint density at radius 2 is 0.826 bits per heavy atom. The molecule has 4 N–H and O–H groups in total. The quantitative estimate of drug-likeness (QED) is 0.771. The second-order valence-electron chi connectivity index (χ2n) is 6.11. The van der Waals surface area contributed by atoms with E-state index in [0.29, 0.717) is 0 Å². The molecule has 116 valence electrons. The first kappa shape index (κ1) is 15.5. The van der Waals surface area contributed by atoms with Crippen molar-refractivity contribution < 1.29 is 0 Å². The number of benzene rings is 3. The summed E-state index contributed by atoms with van der Waals surface area (Å²) in [7, 11) is 0. The molecule has 0 aliphatic rings. The van der Waals surface area contributed by atoms with Crippen LogP contribution in [0.3, 0.4) is 0 Å². The lowest BCUT2D eigenvalue weighted by atomic mass is 9.67. The van der Waals surface area contributed by atoms with Gasteiger partial charge in [-0.2, -0.15) is 0 Å². The summed E-state index contributed by atoms with van der Waals surface area (Å²) in [6, 6.07) is 30.2. The van der Waals surface area contributed by atoms with Gasteiger partial charge in [-0.25, -0.2) is 0 Å². The molecule has 0 spiro atoms. The van der Waals surface area contributed by atoms with Gasteiger partial charge in [0.05, 0.1) is 11.1 Å². The molecule has 3 rings (SSSR count). The summed E-state index contributed by atoms with van der Waals surface area (Å²) in [6.07, 6.45) is 0. The van der Waals surface area contributed by atoms with E-state index in [1.165, 1.54) is 0 Å². The van der Waals surface area contributed by atoms with Crippen molar-refractivity contribution in [2.45, 2.75) is 18.0 Å². The molecule has 3 aromatic carbocycles.